The van der Waals surface area contributed by atoms with Crippen LogP contribution in [0.2, 0.25) is 0 Å². The van der Waals surface area contributed by atoms with Gasteiger partial charge in [0.05, 0.1) is 0 Å². The summed E-state index contributed by atoms with van der Waals surface area (Å²) in [6.07, 6.45) is 0. The van der Waals surface area contributed by atoms with E-state index in [1.165, 1.54) is 12.1 Å². The van der Waals surface area contributed by atoms with Gasteiger partial charge in [0.1, 0.15) is 15.2 Å². The topological polar surface area (TPSA) is 98.6 Å². The fourth-order valence-corrected chi connectivity index (χ4v) is 3.49. The molecule has 0 fully saturated rings. The number of hydrogen-bond acceptors (Lipinski definition) is 5. The van der Waals surface area contributed by atoms with Gasteiger partial charge in [-0.3, -0.25) is 9.82 Å². The molecule has 8 heteroatoms. The smallest absolute Gasteiger partial charge is 0.272 e. The summed E-state index contributed by atoms with van der Waals surface area (Å²) < 4.78 is 26.6. The zero-order valence-electron chi connectivity index (χ0n) is 10.3. The second-order valence-corrected chi connectivity index (χ2v) is 7.19. The summed E-state index contributed by atoms with van der Waals surface area (Å²) in [4.78, 5) is 0.352. The normalized spacial score (nSPS) is 11.5. The molecule has 0 unspecified atom stereocenters. The predicted molar refractivity (Wildman–Crippen MR) is 72.5 cm³/mol. The van der Waals surface area contributed by atoms with Crippen molar-refractivity contribution in [2.24, 2.45) is 0 Å². The van der Waals surface area contributed by atoms with E-state index in [1.807, 2.05) is 19.9 Å². The highest BCUT2D eigenvalue weighted by molar-refractivity contribution is 7.94. The van der Waals surface area contributed by atoms with Gasteiger partial charge in [-0.25, -0.2) is 8.42 Å². The van der Waals surface area contributed by atoms with Gasteiger partial charge < -0.3 is 0 Å². The summed E-state index contributed by atoms with van der Waals surface area (Å²) in [6, 6.07) is 6.44. The van der Waals surface area contributed by atoms with E-state index in [2.05, 4.69) is 14.9 Å². The van der Waals surface area contributed by atoms with Crippen molar-refractivity contribution in [1.82, 2.24) is 10.2 Å². The Bertz CT molecular complexity index is 722. The standard InChI is InChI=1S/C11H12N4O2S2/c1-7(2)9-5-10(14-13-9)15-19(16,17)11-4-3-8(6-12)18-11/h3-5,7H,1-2H3,(H2,13,14,15). The minimum atomic E-state index is -3.68. The highest BCUT2D eigenvalue weighted by Gasteiger charge is 2.18. The average molecular weight is 296 g/mol. The van der Waals surface area contributed by atoms with Crippen molar-refractivity contribution in [1.29, 1.82) is 5.26 Å². The van der Waals surface area contributed by atoms with Crippen LogP contribution in [-0.2, 0) is 10.0 Å². The number of nitriles is 1. The van der Waals surface area contributed by atoms with E-state index in [1.54, 1.807) is 6.07 Å². The third-order valence-corrected chi connectivity index (χ3v) is 5.25. The third kappa shape index (κ3) is 2.94. The monoisotopic (exact) mass is 296 g/mol. The maximum Gasteiger partial charge on any atom is 0.272 e. The number of sulfonamides is 1. The summed E-state index contributed by atoms with van der Waals surface area (Å²) in [5.74, 6) is 0.480. The number of nitrogens with zero attached hydrogens (tertiary/aromatic N) is 2. The lowest BCUT2D eigenvalue weighted by Crippen LogP contribution is -2.11. The van der Waals surface area contributed by atoms with Gasteiger partial charge in [0.25, 0.3) is 10.0 Å². The van der Waals surface area contributed by atoms with Crippen LogP contribution in [0.5, 0.6) is 0 Å². The van der Waals surface area contributed by atoms with Crippen LogP contribution >= 0.6 is 11.3 Å². The van der Waals surface area contributed by atoms with Crippen LogP contribution in [0, 0.1) is 11.3 Å². The molecule has 0 radical (unpaired) electrons. The van der Waals surface area contributed by atoms with Crippen LogP contribution in [0.1, 0.15) is 30.3 Å². The lowest BCUT2D eigenvalue weighted by atomic mass is 10.1. The number of nitrogens with one attached hydrogen (secondary N) is 2. The first kappa shape index (κ1) is 13.6. The Morgan fingerprint density at radius 2 is 2.21 bits per heavy atom. The fraction of sp³-hybridized carbons (Fsp3) is 0.273. The lowest BCUT2D eigenvalue weighted by molar-refractivity contribution is 0.603. The van der Waals surface area contributed by atoms with Gasteiger partial charge in [0.15, 0.2) is 5.82 Å². The van der Waals surface area contributed by atoms with Gasteiger partial charge in [-0.2, -0.15) is 10.4 Å². The van der Waals surface area contributed by atoms with Crippen molar-refractivity contribution >= 4 is 27.2 Å². The van der Waals surface area contributed by atoms with Crippen molar-refractivity contribution in [3.63, 3.8) is 0 Å². The second kappa shape index (κ2) is 5.03. The van der Waals surface area contributed by atoms with E-state index in [0.29, 0.717) is 4.88 Å². The molecule has 0 bridgehead atoms. The van der Waals surface area contributed by atoms with E-state index in [0.717, 1.165) is 17.0 Å². The van der Waals surface area contributed by atoms with Gasteiger partial charge in [-0.15, -0.1) is 11.3 Å². The molecule has 0 saturated heterocycles. The van der Waals surface area contributed by atoms with E-state index in [9.17, 15) is 8.42 Å². The predicted octanol–water partition coefficient (Wildman–Crippen LogP) is 2.27. The second-order valence-electron chi connectivity index (χ2n) is 4.20. The Morgan fingerprint density at radius 1 is 1.47 bits per heavy atom. The molecule has 0 aromatic carbocycles. The van der Waals surface area contributed by atoms with Crippen LogP contribution in [0.4, 0.5) is 5.82 Å². The highest BCUT2D eigenvalue weighted by Crippen LogP contribution is 2.23. The molecular weight excluding hydrogens is 284 g/mol. The first-order chi connectivity index (χ1) is 8.92. The molecule has 2 aromatic heterocycles. The zero-order valence-corrected chi connectivity index (χ0v) is 12.0. The number of H-pyrrole nitrogens is 1. The van der Waals surface area contributed by atoms with Crippen LogP contribution in [-0.4, -0.2) is 18.6 Å². The maximum atomic E-state index is 12.0. The molecular formula is C11H12N4O2S2. The number of thiophene rings is 1. The molecule has 100 valence electrons. The number of rotatable bonds is 4. The Labute approximate surface area is 115 Å². The molecule has 2 heterocycles. The van der Waals surface area contributed by atoms with Crippen LogP contribution < -0.4 is 4.72 Å². The third-order valence-electron chi connectivity index (χ3n) is 2.42. The van der Waals surface area contributed by atoms with Crippen LogP contribution in [0.15, 0.2) is 22.4 Å². The van der Waals surface area contributed by atoms with Gasteiger partial charge in [-0.05, 0) is 18.1 Å². The molecule has 2 rings (SSSR count). The molecule has 19 heavy (non-hydrogen) atoms. The maximum absolute atomic E-state index is 12.0. The molecule has 0 spiro atoms. The zero-order chi connectivity index (χ0) is 14.0. The number of aromatic nitrogens is 2. The number of aromatic amines is 1. The van der Waals surface area contributed by atoms with Crippen LogP contribution in [0.25, 0.3) is 0 Å². The van der Waals surface area contributed by atoms with E-state index in [-0.39, 0.29) is 15.9 Å². The molecule has 0 aliphatic rings. The highest BCUT2D eigenvalue weighted by atomic mass is 32.2. The molecule has 0 aliphatic carbocycles. The molecule has 0 saturated carbocycles. The Hall–Kier alpha value is -1.85. The molecule has 2 N–H and O–H groups in total. The molecule has 0 aliphatic heterocycles. The average Bonchev–Trinajstić information content (AvgIpc) is 2.96. The molecule has 0 atom stereocenters. The number of hydrogen-bond donors (Lipinski definition) is 2. The summed E-state index contributed by atoms with van der Waals surface area (Å²) in [7, 11) is -3.68. The Balaban J connectivity index is 2.23. The fourth-order valence-electron chi connectivity index (χ4n) is 1.40. The summed E-state index contributed by atoms with van der Waals surface area (Å²) in [6.45, 7) is 3.95. The van der Waals surface area contributed by atoms with E-state index < -0.39 is 10.0 Å². The molecule has 0 amide bonds. The quantitative estimate of drug-likeness (QED) is 0.904. The van der Waals surface area contributed by atoms with Gasteiger partial charge in [0.2, 0.25) is 0 Å². The summed E-state index contributed by atoms with van der Waals surface area (Å²) >= 11 is 0.923. The van der Waals surface area contributed by atoms with Crippen molar-refractivity contribution in [2.45, 2.75) is 24.0 Å². The Morgan fingerprint density at radius 3 is 2.74 bits per heavy atom. The van der Waals surface area contributed by atoms with Gasteiger partial charge in [0, 0.05) is 11.8 Å². The minimum absolute atomic E-state index is 0.0955. The van der Waals surface area contributed by atoms with Crippen molar-refractivity contribution in [3.05, 3.63) is 28.8 Å². The summed E-state index contributed by atoms with van der Waals surface area (Å²) in [5, 5.41) is 15.4. The van der Waals surface area contributed by atoms with Crippen molar-refractivity contribution in [3.8, 4) is 6.07 Å². The van der Waals surface area contributed by atoms with Crippen molar-refractivity contribution < 1.29 is 8.42 Å². The van der Waals surface area contributed by atoms with Gasteiger partial charge in [-0.1, -0.05) is 13.8 Å². The van der Waals surface area contributed by atoms with E-state index in [4.69, 9.17) is 5.26 Å². The minimum Gasteiger partial charge on any atom is -0.280 e. The lowest BCUT2D eigenvalue weighted by Gasteiger charge is -2.01. The first-order valence-electron chi connectivity index (χ1n) is 5.50. The van der Waals surface area contributed by atoms with Crippen molar-refractivity contribution in [2.75, 3.05) is 4.72 Å². The van der Waals surface area contributed by atoms with Crippen LogP contribution in [0.3, 0.4) is 0 Å². The Kier molecular flexibility index (Phi) is 3.59. The first-order valence-corrected chi connectivity index (χ1v) is 7.80. The van der Waals surface area contributed by atoms with Gasteiger partial charge >= 0.3 is 0 Å². The SMILES string of the molecule is CC(C)c1cc(NS(=O)(=O)c2ccc(C#N)s2)n[nH]1. The number of anilines is 1. The molecule has 2 aromatic rings. The largest absolute Gasteiger partial charge is 0.280 e. The summed E-state index contributed by atoms with van der Waals surface area (Å²) in [5.41, 5.74) is 0.849. The molecule has 6 nitrogen and oxygen atoms in total. The van der Waals surface area contributed by atoms with E-state index >= 15 is 0 Å².